The van der Waals surface area contributed by atoms with E-state index in [1.807, 2.05) is 60.7 Å². The summed E-state index contributed by atoms with van der Waals surface area (Å²) in [6.07, 6.45) is 0. The Balaban J connectivity index is 1.67. The first kappa shape index (κ1) is 18.6. The van der Waals surface area contributed by atoms with E-state index in [9.17, 15) is 4.79 Å². The minimum Gasteiger partial charge on any atom is -0.497 e. The van der Waals surface area contributed by atoms with Crippen molar-refractivity contribution in [2.75, 3.05) is 14.2 Å². The number of rotatable bonds is 6. The Morgan fingerprint density at radius 2 is 1.72 bits per heavy atom. The number of H-pyrrole nitrogens is 1. The summed E-state index contributed by atoms with van der Waals surface area (Å²) in [4.78, 5) is 19.8. The highest BCUT2D eigenvalue weighted by Gasteiger charge is 2.11. The molecule has 3 aromatic carbocycles. The monoisotopic (exact) mass is 388 g/mol. The molecule has 0 fully saturated rings. The number of hydrogen-bond acceptors (Lipinski definition) is 5. The number of ether oxygens (including phenoxy) is 3. The van der Waals surface area contributed by atoms with Gasteiger partial charge >= 0.3 is 0 Å². The maximum Gasteiger partial charge on any atom is 0.259 e. The zero-order chi connectivity index (χ0) is 20.2. The number of fused-ring (bicyclic) bond motifs is 1. The summed E-state index contributed by atoms with van der Waals surface area (Å²) < 4.78 is 16.6. The summed E-state index contributed by atoms with van der Waals surface area (Å²) in [5, 5.41) is 0.561. The SMILES string of the molecule is COc1cccc(OCc2cc(-c3nc4ccccc4c(=O)[nH]3)ccc2OC)c1. The van der Waals surface area contributed by atoms with E-state index in [1.165, 1.54) is 0 Å². The molecule has 1 heterocycles. The fraction of sp³-hybridized carbons (Fsp3) is 0.130. The van der Waals surface area contributed by atoms with Crippen molar-refractivity contribution in [3.8, 4) is 28.6 Å². The molecule has 6 nitrogen and oxygen atoms in total. The lowest BCUT2D eigenvalue weighted by Crippen LogP contribution is -2.09. The van der Waals surface area contributed by atoms with Gasteiger partial charge in [0.05, 0.1) is 25.1 Å². The lowest BCUT2D eigenvalue weighted by molar-refractivity contribution is 0.294. The average molecular weight is 388 g/mol. The quantitative estimate of drug-likeness (QED) is 0.536. The van der Waals surface area contributed by atoms with Crippen LogP contribution in [0.5, 0.6) is 17.2 Å². The van der Waals surface area contributed by atoms with E-state index in [4.69, 9.17) is 14.2 Å². The number of aromatic amines is 1. The van der Waals surface area contributed by atoms with Crippen LogP contribution in [0.4, 0.5) is 0 Å². The Morgan fingerprint density at radius 3 is 2.55 bits per heavy atom. The third kappa shape index (κ3) is 3.91. The van der Waals surface area contributed by atoms with Crippen molar-refractivity contribution in [1.29, 1.82) is 0 Å². The van der Waals surface area contributed by atoms with E-state index < -0.39 is 0 Å². The normalized spacial score (nSPS) is 10.7. The molecule has 4 rings (SSSR count). The summed E-state index contributed by atoms with van der Waals surface area (Å²) in [6.45, 7) is 0.294. The van der Waals surface area contributed by atoms with E-state index in [0.717, 1.165) is 16.9 Å². The Hall–Kier alpha value is -3.80. The van der Waals surface area contributed by atoms with Gasteiger partial charge < -0.3 is 19.2 Å². The molecule has 1 aromatic heterocycles. The zero-order valence-electron chi connectivity index (χ0n) is 16.1. The molecule has 146 valence electrons. The van der Waals surface area contributed by atoms with Crippen LogP contribution in [-0.2, 0) is 6.61 Å². The van der Waals surface area contributed by atoms with Crippen molar-refractivity contribution in [2.45, 2.75) is 6.61 Å². The molecule has 0 unspecified atom stereocenters. The highest BCUT2D eigenvalue weighted by atomic mass is 16.5. The molecule has 0 aliphatic carbocycles. The first-order valence-electron chi connectivity index (χ1n) is 9.11. The number of nitrogens with zero attached hydrogens (tertiary/aromatic N) is 1. The molecule has 4 aromatic rings. The van der Waals surface area contributed by atoms with E-state index in [0.29, 0.717) is 34.8 Å². The van der Waals surface area contributed by atoms with Crippen LogP contribution in [0.3, 0.4) is 0 Å². The third-order valence-corrected chi connectivity index (χ3v) is 4.60. The molecule has 0 amide bonds. The van der Waals surface area contributed by atoms with Gasteiger partial charge in [0, 0.05) is 17.2 Å². The maximum absolute atomic E-state index is 12.4. The molecular weight excluding hydrogens is 368 g/mol. The Labute approximate surface area is 167 Å². The van der Waals surface area contributed by atoms with E-state index in [2.05, 4.69) is 9.97 Å². The summed E-state index contributed by atoms with van der Waals surface area (Å²) in [7, 11) is 3.23. The van der Waals surface area contributed by atoms with Crippen LogP contribution in [0.25, 0.3) is 22.3 Å². The highest BCUT2D eigenvalue weighted by molar-refractivity contribution is 5.79. The van der Waals surface area contributed by atoms with E-state index >= 15 is 0 Å². The minimum atomic E-state index is -0.171. The van der Waals surface area contributed by atoms with Crippen molar-refractivity contribution in [3.63, 3.8) is 0 Å². The topological polar surface area (TPSA) is 73.4 Å². The van der Waals surface area contributed by atoms with Crippen LogP contribution in [-0.4, -0.2) is 24.2 Å². The standard InChI is InChI=1S/C23H20N2O4/c1-27-17-6-5-7-18(13-17)29-14-16-12-15(10-11-21(16)28-2)22-24-20-9-4-3-8-19(20)23(26)25-22/h3-13H,14H2,1-2H3,(H,24,25,26). The molecular formula is C23H20N2O4. The molecule has 0 spiro atoms. The second-order valence-corrected chi connectivity index (χ2v) is 6.43. The predicted molar refractivity (Wildman–Crippen MR) is 112 cm³/mol. The number of para-hydroxylation sites is 1. The average Bonchev–Trinajstić information content (AvgIpc) is 2.77. The van der Waals surface area contributed by atoms with Gasteiger partial charge in [-0.1, -0.05) is 18.2 Å². The third-order valence-electron chi connectivity index (χ3n) is 4.60. The van der Waals surface area contributed by atoms with Crippen LogP contribution in [0.2, 0.25) is 0 Å². The van der Waals surface area contributed by atoms with Crippen LogP contribution in [0, 0.1) is 0 Å². The van der Waals surface area contributed by atoms with Gasteiger partial charge in [-0.05, 0) is 42.5 Å². The Kier molecular flexibility index (Phi) is 5.16. The first-order valence-corrected chi connectivity index (χ1v) is 9.11. The molecule has 0 saturated carbocycles. The van der Waals surface area contributed by atoms with Crippen molar-refractivity contribution in [1.82, 2.24) is 9.97 Å². The highest BCUT2D eigenvalue weighted by Crippen LogP contribution is 2.27. The van der Waals surface area contributed by atoms with Gasteiger partial charge in [-0.15, -0.1) is 0 Å². The lowest BCUT2D eigenvalue weighted by atomic mass is 10.1. The van der Waals surface area contributed by atoms with Crippen LogP contribution in [0.1, 0.15) is 5.56 Å². The van der Waals surface area contributed by atoms with Crippen molar-refractivity contribution >= 4 is 10.9 Å². The van der Waals surface area contributed by atoms with Gasteiger partial charge in [-0.3, -0.25) is 4.79 Å². The molecule has 0 aliphatic rings. The second-order valence-electron chi connectivity index (χ2n) is 6.43. The first-order chi connectivity index (χ1) is 14.2. The van der Waals surface area contributed by atoms with Crippen LogP contribution in [0.15, 0.2) is 71.5 Å². The van der Waals surface area contributed by atoms with Crippen molar-refractivity contribution in [3.05, 3.63) is 82.6 Å². The van der Waals surface area contributed by atoms with Gasteiger partial charge in [0.1, 0.15) is 29.7 Å². The van der Waals surface area contributed by atoms with Gasteiger partial charge in [0.2, 0.25) is 0 Å². The fourth-order valence-corrected chi connectivity index (χ4v) is 3.11. The fourth-order valence-electron chi connectivity index (χ4n) is 3.11. The molecule has 6 heteroatoms. The van der Waals surface area contributed by atoms with Crippen LogP contribution < -0.4 is 19.8 Å². The van der Waals surface area contributed by atoms with E-state index in [-0.39, 0.29) is 5.56 Å². The largest absolute Gasteiger partial charge is 0.497 e. The summed E-state index contributed by atoms with van der Waals surface area (Å²) in [6, 6.07) is 20.3. The number of hydrogen-bond donors (Lipinski definition) is 1. The van der Waals surface area contributed by atoms with Gasteiger partial charge in [0.15, 0.2) is 0 Å². The van der Waals surface area contributed by atoms with Crippen LogP contribution >= 0.6 is 0 Å². The van der Waals surface area contributed by atoms with Gasteiger partial charge in [-0.2, -0.15) is 0 Å². The Bertz CT molecular complexity index is 1220. The van der Waals surface area contributed by atoms with Gasteiger partial charge in [-0.25, -0.2) is 4.98 Å². The second kappa shape index (κ2) is 8.06. The molecule has 1 N–H and O–H groups in total. The molecule has 0 aliphatic heterocycles. The summed E-state index contributed by atoms with van der Waals surface area (Å²) in [5.74, 6) is 2.61. The zero-order valence-corrected chi connectivity index (χ0v) is 16.1. The predicted octanol–water partition coefficient (Wildman–Crippen LogP) is 4.19. The molecule has 0 bridgehead atoms. The van der Waals surface area contributed by atoms with Crippen molar-refractivity contribution < 1.29 is 14.2 Å². The summed E-state index contributed by atoms with van der Waals surface area (Å²) >= 11 is 0. The smallest absolute Gasteiger partial charge is 0.259 e. The van der Waals surface area contributed by atoms with Gasteiger partial charge in [0.25, 0.3) is 5.56 Å². The number of nitrogens with one attached hydrogen (secondary N) is 1. The number of benzene rings is 3. The maximum atomic E-state index is 12.4. The molecule has 0 atom stereocenters. The molecule has 0 saturated heterocycles. The molecule has 29 heavy (non-hydrogen) atoms. The summed E-state index contributed by atoms with van der Waals surface area (Å²) in [5.41, 5.74) is 2.09. The van der Waals surface area contributed by atoms with Crippen molar-refractivity contribution in [2.24, 2.45) is 0 Å². The molecule has 0 radical (unpaired) electrons. The number of aromatic nitrogens is 2. The Morgan fingerprint density at radius 1 is 0.897 bits per heavy atom. The number of methoxy groups -OCH3 is 2. The minimum absolute atomic E-state index is 0.171. The van der Waals surface area contributed by atoms with E-state index in [1.54, 1.807) is 20.3 Å². The lowest BCUT2D eigenvalue weighted by Gasteiger charge is -2.13.